The Bertz CT molecular complexity index is 113. The van der Waals surface area contributed by atoms with Crippen LogP contribution in [0.15, 0.2) is 0 Å². The molecule has 0 aliphatic carbocycles. The van der Waals surface area contributed by atoms with E-state index in [1.165, 1.54) is 0 Å². The van der Waals surface area contributed by atoms with Crippen molar-refractivity contribution < 1.29 is 9.84 Å². The average Bonchev–Trinajstić information content (AvgIpc) is 1.98. The van der Waals surface area contributed by atoms with Crippen LogP contribution < -0.4 is 5.32 Å². The van der Waals surface area contributed by atoms with Gasteiger partial charge in [0.15, 0.2) is 0 Å². The number of nitrogens with one attached hydrogen (secondary N) is 1. The molecule has 0 aliphatic heterocycles. The zero-order valence-electron chi connectivity index (χ0n) is 8.55. The number of ether oxygens (including phenoxy) is 1. The molecule has 0 rings (SSSR count). The van der Waals surface area contributed by atoms with E-state index in [-0.39, 0.29) is 11.6 Å². The van der Waals surface area contributed by atoms with Crippen molar-refractivity contribution in [3.05, 3.63) is 0 Å². The van der Waals surface area contributed by atoms with Gasteiger partial charge in [-0.2, -0.15) is 0 Å². The maximum absolute atomic E-state index is 9.33. The second-order valence-electron chi connectivity index (χ2n) is 3.52. The van der Waals surface area contributed by atoms with Gasteiger partial charge in [-0.05, 0) is 27.7 Å². The number of hydrogen-bond acceptors (Lipinski definition) is 3. The van der Waals surface area contributed by atoms with E-state index in [1.54, 1.807) is 6.92 Å². The van der Waals surface area contributed by atoms with Crippen LogP contribution in [0, 0.1) is 0 Å². The number of aliphatic hydroxyl groups is 1. The van der Waals surface area contributed by atoms with Crippen LogP contribution in [-0.4, -0.2) is 36.5 Å². The molecule has 0 aromatic rings. The van der Waals surface area contributed by atoms with Crippen LogP contribution in [0.25, 0.3) is 0 Å². The SMILES string of the molecule is CCOCCNC(C)(C)C(C)O. The molecule has 0 aromatic heterocycles. The first kappa shape index (κ1) is 11.9. The minimum atomic E-state index is -0.348. The maximum Gasteiger partial charge on any atom is 0.0688 e. The standard InChI is InChI=1S/C9H21NO2/c1-5-12-7-6-10-9(3,4)8(2)11/h8,10-11H,5-7H2,1-4H3. The zero-order valence-corrected chi connectivity index (χ0v) is 8.55. The highest BCUT2D eigenvalue weighted by molar-refractivity contribution is 4.82. The molecule has 0 amide bonds. The van der Waals surface area contributed by atoms with E-state index in [1.807, 2.05) is 20.8 Å². The van der Waals surface area contributed by atoms with Gasteiger partial charge in [-0.1, -0.05) is 0 Å². The Morgan fingerprint density at radius 3 is 2.50 bits per heavy atom. The molecule has 0 bridgehead atoms. The minimum absolute atomic E-state index is 0.225. The highest BCUT2D eigenvalue weighted by atomic mass is 16.5. The number of hydrogen-bond donors (Lipinski definition) is 2. The van der Waals surface area contributed by atoms with Gasteiger partial charge < -0.3 is 15.2 Å². The third-order valence-corrected chi connectivity index (χ3v) is 2.08. The van der Waals surface area contributed by atoms with Gasteiger partial charge in [-0.3, -0.25) is 0 Å². The molecule has 0 aromatic carbocycles. The van der Waals surface area contributed by atoms with Crippen molar-refractivity contribution in [1.82, 2.24) is 5.32 Å². The predicted octanol–water partition coefficient (Wildman–Crippen LogP) is 0.772. The summed E-state index contributed by atoms with van der Waals surface area (Å²) in [4.78, 5) is 0. The summed E-state index contributed by atoms with van der Waals surface area (Å²) < 4.78 is 5.16. The van der Waals surface area contributed by atoms with Crippen LogP contribution in [0.1, 0.15) is 27.7 Å². The van der Waals surface area contributed by atoms with Gasteiger partial charge in [0, 0.05) is 18.7 Å². The van der Waals surface area contributed by atoms with Crippen LogP contribution in [0.4, 0.5) is 0 Å². The first-order valence-corrected chi connectivity index (χ1v) is 4.51. The summed E-state index contributed by atoms with van der Waals surface area (Å²) in [5.41, 5.74) is -0.225. The molecule has 0 radical (unpaired) electrons. The van der Waals surface area contributed by atoms with E-state index in [4.69, 9.17) is 4.74 Å². The fourth-order valence-corrected chi connectivity index (χ4v) is 0.737. The van der Waals surface area contributed by atoms with Crippen LogP contribution in [-0.2, 0) is 4.74 Å². The Hall–Kier alpha value is -0.120. The van der Waals surface area contributed by atoms with Crippen molar-refractivity contribution in [2.45, 2.75) is 39.3 Å². The molecule has 0 saturated heterocycles. The molecule has 0 heterocycles. The number of aliphatic hydroxyl groups excluding tert-OH is 1. The molecule has 2 N–H and O–H groups in total. The Kier molecular flexibility index (Phi) is 5.46. The van der Waals surface area contributed by atoms with Crippen LogP contribution in [0.3, 0.4) is 0 Å². The zero-order chi connectivity index (χ0) is 9.61. The Morgan fingerprint density at radius 2 is 2.08 bits per heavy atom. The molecule has 0 spiro atoms. The average molecular weight is 175 g/mol. The summed E-state index contributed by atoms with van der Waals surface area (Å²) in [7, 11) is 0. The van der Waals surface area contributed by atoms with Crippen LogP contribution in [0.2, 0.25) is 0 Å². The fourth-order valence-electron chi connectivity index (χ4n) is 0.737. The smallest absolute Gasteiger partial charge is 0.0688 e. The Labute approximate surface area is 75.1 Å². The van der Waals surface area contributed by atoms with Crippen LogP contribution >= 0.6 is 0 Å². The molecule has 1 atom stereocenters. The molecule has 74 valence electrons. The highest BCUT2D eigenvalue weighted by Crippen LogP contribution is 2.06. The van der Waals surface area contributed by atoms with E-state index in [2.05, 4.69) is 5.32 Å². The maximum atomic E-state index is 9.33. The molecule has 0 saturated carbocycles. The van der Waals surface area contributed by atoms with Gasteiger partial charge in [0.25, 0.3) is 0 Å². The molecular formula is C9H21NO2. The monoisotopic (exact) mass is 175 g/mol. The Balaban J connectivity index is 3.47. The van der Waals surface area contributed by atoms with Crippen molar-refractivity contribution in [2.24, 2.45) is 0 Å². The lowest BCUT2D eigenvalue weighted by Crippen LogP contribution is -2.49. The van der Waals surface area contributed by atoms with E-state index in [9.17, 15) is 5.11 Å². The second-order valence-corrected chi connectivity index (χ2v) is 3.52. The van der Waals surface area contributed by atoms with E-state index < -0.39 is 0 Å². The summed E-state index contributed by atoms with van der Waals surface area (Å²) in [6, 6.07) is 0. The van der Waals surface area contributed by atoms with Gasteiger partial charge in [0.2, 0.25) is 0 Å². The predicted molar refractivity (Wildman–Crippen MR) is 50.3 cm³/mol. The van der Waals surface area contributed by atoms with Gasteiger partial charge in [0.05, 0.1) is 12.7 Å². The molecule has 12 heavy (non-hydrogen) atoms. The first-order valence-electron chi connectivity index (χ1n) is 4.51. The topological polar surface area (TPSA) is 41.5 Å². The van der Waals surface area contributed by atoms with Crippen molar-refractivity contribution >= 4 is 0 Å². The van der Waals surface area contributed by atoms with E-state index >= 15 is 0 Å². The van der Waals surface area contributed by atoms with E-state index in [0.717, 1.165) is 13.2 Å². The van der Waals surface area contributed by atoms with Crippen molar-refractivity contribution in [1.29, 1.82) is 0 Å². The first-order chi connectivity index (χ1) is 5.50. The largest absolute Gasteiger partial charge is 0.392 e. The van der Waals surface area contributed by atoms with Crippen molar-refractivity contribution in [3.8, 4) is 0 Å². The lowest BCUT2D eigenvalue weighted by atomic mass is 9.99. The molecule has 0 fully saturated rings. The quantitative estimate of drug-likeness (QED) is 0.586. The van der Waals surface area contributed by atoms with Crippen LogP contribution in [0.5, 0.6) is 0 Å². The fraction of sp³-hybridized carbons (Fsp3) is 1.00. The second kappa shape index (κ2) is 5.51. The molecular weight excluding hydrogens is 154 g/mol. The minimum Gasteiger partial charge on any atom is -0.392 e. The van der Waals surface area contributed by atoms with E-state index in [0.29, 0.717) is 6.61 Å². The summed E-state index contributed by atoms with van der Waals surface area (Å²) in [5.74, 6) is 0. The van der Waals surface area contributed by atoms with Gasteiger partial charge in [0.1, 0.15) is 0 Å². The normalized spacial score (nSPS) is 14.8. The summed E-state index contributed by atoms with van der Waals surface area (Å²) in [5, 5.41) is 12.6. The molecule has 3 heteroatoms. The van der Waals surface area contributed by atoms with Crippen molar-refractivity contribution in [2.75, 3.05) is 19.8 Å². The lowest BCUT2D eigenvalue weighted by molar-refractivity contribution is 0.0834. The highest BCUT2D eigenvalue weighted by Gasteiger charge is 2.22. The van der Waals surface area contributed by atoms with Gasteiger partial charge in [-0.15, -0.1) is 0 Å². The molecule has 3 nitrogen and oxygen atoms in total. The van der Waals surface area contributed by atoms with Gasteiger partial charge >= 0.3 is 0 Å². The summed E-state index contributed by atoms with van der Waals surface area (Å²) >= 11 is 0. The third-order valence-electron chi connectivity index (χ3n) is 2.08. The number of rotatable bonds is 6. The summed E-state index contributed by atoms with van der Waals surface area (Å²) in [6.07, 6.45) is -0.348. The molecule has 0 aliphatic rings. The lowest BCUT2D eigenvalue weighted by Gasteiger charge is -2.29. The third kappa shape index (κ3) is 4.70. The molecule has 1 unspecified atom stereocenters. The Morgan fingerprint density at radius 1 is 1.50 bits per heavy atom. The summed E-state index contributed by atoms with van der Waals surface area (Å²) in [6.45, 7) is 9.94. The van der Waals surface area contributed by atoms with Crippen molar-refractivity contribution in [3.63, 3.8) is 0 Å². The van der Waals surface area contributed by atoms with Gasteiger partial charge in [-0.25, -0.2) is 0 Å².